The number of carbonyl (C=O) groups excluding carboxylic acids is 3. The fraction of sp³-hybridized carbons (Fsp3) is 0.407. The van der Waals surface area contributed by atoms with Gasteiger partial charge in [-0.1, -0.05) is 45.0 Å². The average Bonchev–Trinajstić information content (AvgIpc) is 3.45. The van der Waals surface area contributed by atoms with Gasteiger partial charge in [-0.15, -0.1) is 5.06 Å². The number of likely N-dealkylation sites (N-methyl/N-ethyl adjacent to an activating group) is 1. The van der Waals surface area contributed by atoms with Crippen LogP contribution in [0.1, 0.15) is 54.7 Å². The molecule has 0 saturated carbocycles. The summed E-state index contributed by atoms with van der Waals surface area (Å²) in [6.45, 7) is 6.22. The van der Waals surface area contributed by atoms with Crippen LogP contribution >= 0.6 is 0 Å². The van der Waals surface area contributed by atoms with Crippen LogP contribution in [-0.2, 0) is 21.5 Å². The minimum Gasteiger partial charge on any atom is -0.327 e. The summed E-state index contributed by atoms with van der Waals surface area (Å²) in [6.07, 6.45) is -3.16. The molecule has 12 heteroatoms. The van der Waals surface area contributed by atoms with Gasteiger partial charge in [0.1, 0.15) is 0 Å². The number of hydroxylamine groups is 2. The number of amides is 2. The first-order valence-corrected chi connectivity index (χ1v) is 12.3. The van der Waals surface area contributed by atoms with Crippen LogP contribution in [0.4, 0.5) is 23.7 Å². The summed E-state index contributed by atoms with van der Waals surface area (Å²) in [5.41, 5.74) is 2.96. The molecular weight excluding hydrogens is 515 g/mol. The van der Waals surface area contributed by atoms with Crippen LogP contribution in [0.5, 0.6) is 0 Å². The highest BCUT2D eigenvalue weighted by atomic mass is 19.4. The fourth-order valence-electron chi connectivity index (χ4n) is 4.56. The van der Waals surface area contributed by atoms with E-state index in [9.17, 15) is 27.6 Å². The molecule has 9 nitrogen and oxygen atoms in total. The Balaban J connectivity index is 1.67. The van der Waals surface area contributed by atoms with Crippen LogP contribution in [0, 0.1) is 0 Å². The van der Waals surface area contributed by atoms with Gasteiger partial charge in [0, 0.05) is 5.39 Å². The van der Waals surface area contributed by atoms with Gasteiger partial charge in [0.15, 0.2) is 0 Å². The normalized spacial score (nSPS) is 15.4. The average molecular weight is 546 g/mol. The van der Waals surface area contributed by atoms with Gasteiger partial charge in [-0.25, -0.2) is 9.59 Å². The Labute approximate surface area is 223 Å². The van der Waals surface area contributed by atoms with Gasteiger partial charge in [-0.3, -0.25) is 4.79 Å². The van der Waals surface area contributed by atoms with E-state index < -0.39 is 24.2 Å². The maximum atomic E-state index is 13.4. The molecule has 4 rings (SSSR count). The Kier molecular flexibility index (Phi) is 7.44. The zero-order valence-corrected chi connectivity index (χ0v) is 22.3. The van der Waals surface area contributed by atoms with Crippen molar-refractivity contribution in [1.29, 1.82) is 0 Å². The molecule has 0 bridgehead atoms. The molecule has 0 aliphatic heterocycles. The van der Waals surface area contributed by atoms with Crippen molar-refractivity contribution in [2.45, 2.75) is 51.2 Å². The number of halogens is 3. The van der Waals surface area contributed by atoms with Crippen LogP contribution < -0.4 is 5.32 Å². The second-order valence-electron chi connectivity index (χ2n) is 10.8. The first-order chi connectivity index (χ1) is 18.2. The van der Waals surface area contributed by atoms with Crippen LogP contribution in [-0.4, -0.2) is 64.5 Å². The third kappa shape index (κ3) is 5.90. The Bertz CT molecular complexity index is 1430. The third-order valence-electron chi connectivity index (χ3n) is 6.49. The number of rotatable bonds is 4. The van der Waals surface area contributed by atoms with Crippen LogP contribution in [0.25, 0.3) is 10.9 Å². The Morgan fingerprint density at radius 3 is 2.49 bits per heavy atom. The Morgan fingerprint density at radius 2 is 1.85 bits per heavy atom. The number of hydrogen-bond donors (Lipinski definition) is 1. The Morgan fingerprint density at radius 1 is 1.13 bits per heavy atom. The van der Waals surface area contributed by atoms with Crippen molar-refractivity contribution in [3.63, 3.8) is 0 Å². The molecule has 0 saturated heterocycles. The topological polar surface area (TPSA) is 96.8 Å². The van der Waals surface area contributed by atoms with Gasteiger partial charge in [-0.2, -0.15) is 23.0 Å². The number of urea groups is 1. The van der Waals surface area contributed by atoms with Crippen molar-refractivity contribution in [3.8, 4) is 0 Å². The van der Waals surface area contributed by atoms with Crippen molar-refractivity contribution < 1.29 is 32.4 Å². The second-order valence-corrected chi connectivity index (χ2v) is 10.8. The number of fused-ring (bicyclic) bond motifs is 2. The van der Waals surface area contributed by atoms with Crippen LogP contribution in [0.3, 0.4) is 0 Å². The molecule has 1 aliphatic carbocycles. The summed E-state index contributed by atoms with van der Waals surface area (Å²) >= 11 is 0. The predicted molar refractivity (Wildman–Crippen MR) is 138 cm³/mol. The number of aromatic nitrogens is 2. The quantitative estimate of drug-likeness (QED) is 0.460. The highest BCUT2D eigenvalue weighted by Crippen LogP contribution is 2.39. The zero-order chi connectivity index (χ0) is 28.7. The lowest BCUT2D eigenvalue weighted by atomic mass is 9.85. The van der Waals surface area contributed by atoms with Gasteiger partial charge >= 0.3 is 18.2 Å². The molecule has 2 amide bonds. The van der Waals surface area contributed by atoms with Gasteiger partial charge in [-0.05, 0) is 61.2 Å². The van der Waals surface area contributed by atoms with E-state index in [4.69, 9.17) is 0 Å². The van der Waals surface area contributed by atoms with E-state index in [0.29, 0.717) is 28.0 Å². The first-order valence-electron chi connectivity index (χ1n) is 12.3. The minimum absolute atomic E-state index is 0.0898. The maximum Gasteiger partial charge on any atom is 0.493 e. The van der Waals surface area contributed by atoms with Crippen molar-refractivity contribution in [2.75, 3.05) is 26.0 Å². The SMILES string of the molecule is CN(C)CC(=O)n1ncc2c(NC(=O)N(OC(=O)C(F)(F)F)[C@@H]3CCc4cc(C(C)(C)C)ccc43)cccc21. The molecule has 39 heavy (non-hydrogen) atoms. The molecule has 1 atom stereocenters. The lowest BCUT2D eigenvalue weighted by Gasteiger charge is -2.28. The number of nitrogens with zero attached hydrogens (tertiary/aromatic N) is 4. The molecular formula is C27H30F3N5O4. The highest BCUT2D eigenvalue weighted by Gasteiger charge is 2.45. The van der Waals surface area contributed by atoms with Gasteiger partial charge < -0.3 is 15.1 Å². The number of nitrogens with one attached hydrogen (secondary N) is 1. The minimum atomic E-state index is -5.30. The maximum absolute atomic E-state index is 13.4. The molecule has 1 N–H and O–H groups in total. The van der Waals surface area contributed by atoms with E-state index in [-0.39, 0.29) is 30.0 Å². The number of aryl methyl sites for hydroxylation is 1. The molecule has 1 aliphatic rings. The molecule has 0 unspecified atom stereocenters. The van der Waals surface area contributed by atoms with E-state index in [2.05, 4.69) is 15.3 Å². The summed E-state index contributed by atoms with van der Waals surface area (Å²) in [6, 6.07) is 8.32. The number of hydrogen-bond acceptors (Lipinski definition) is 6. The summed E-state index contributed by atoms with van der Waals surface area (Å²) in [5.74, 6) is -2.81. The van der Waals surface area contributed by atoms with Crippen molar-refractivity contribution in [3.05, 3.63) is 59.3 Å². The second kappa shape index (κ2) is 10.3. The van der Waals surface area contributed by atoms with Crippen molar-refractivity contribution in [1.82, 2.24) is 19.7 Å². The Hall–Kier alpha value is -3.93. The molecule has 1 heterocycles. The van der Waals surface area contributed by atoms with E-state index in [0.717, 1.165) is 11.1 Å². The summed E-state index contributed by atoms with van der Waals surface area (Å²) in [4.78, 5) is 44.1. The number of carbonyl (C=O) groups is 3. The molecule has 208 valence electrons. The van der Waals surface area contributed by atoms with Crippen molar-refractivity contribution >= 4 is 34.5 Å². The van der Waals surface area contributed by atoms with Gasteiger partial charge in [0.05, 0.1) is 30.0 Å². The summed E-state index contributed by atoms with van der Waals surface area (Å²) in [5, 5.41) is 7.51. The van der Waals surface area contributed by atoms with Gasteiger partial charge in [0.2, 0.25) is 0 Å². The van der Waals surface area contributed by atoms with Gasteiger partial charge in [0.25, 0.3) is 5.91 Å². The first kappa shape index (κ1) is 28.1. The highest BCUT2D eigenvalue weighted by molar-refractivity contribution is 6.03. The van der Waals surface area contributed by atoms with E-state index in [1.54, 1.807) is 37.2 Å². The third-order valence-corrected chi connectivity index (χ3v) is 6.49. The van der Waals surface area contributed by atoms with E-state index in [1.165, 1.54) is 16.9 Å². The van der Waals surface area contributed by atoms with Crippen LogP contribution in [0.15, 0.2) is 42.6 Å². The fourth-order valence-corrected chi connectivity index (χ4v) is 4.56. The smallest absolute Gasteiger partial charge is 0.327 e. The number of benzene rings is 2. The lowest BCUT2D eigenvalue weighted by Crippen LogP contribution is -2.42. The van der Waals surface area contributed by atoms with Crippen LogP contribution in [0.2, 0.25) is 0 Å². The number of anilines is 1. The van der Waals surface area contributed by atoms with E-state index in [1.807, 2.05) is 32.9 Å². The molecule has 0 fully saturated rings. The lowest BCUT2D eigenvalue weighted by molar-refractivity contribution is -0.233. The molecule has 1 aromatic heterocycles. The standard InChI is InChI=1S/C27H30F3N5O4/c1-26(2,3)17-10-11-18-16(13-17)9-12-22(18)35(39-24(37)27(28,29)30)25(38)32-20-7-6-8-21-19(20)14-31-34(21)23(36)15-33(4)5/h6-8,10-11,13-14,22H,9,12,15H2,1-5H3,(H,32,38)/t22-/m1/s1. The van der Waals surface area contributed by atoms with E-state index >= 15 is 0 Å². The molecule has 3 aromatic rings. The molecule has 0 radical (unpaired) electrons. The van der Waals surface area contributed by atoms with Crippen molar-refractivity contribution in [2.24, 2.45) is 0 Å². The predicted octanol–water partition coefficient (Wildman–Crippen LogP) is 5.08. The zero-order valence-electron chi connectivity index (χ0n) is 22.3. The molecule has 0 spiro atoms. The summed E-state index contributed by atoms with van der Waals surface area (Å²) in [7, 11) is 3.47. The molecule has 2 aromatic carbocycles. The monoisotopic (exact) mass is 545 g/mol. The number of alkyl halides is 3. The summed E-state index contributed by atoms with van der Waals surface area (Å²) < 4.78 is 40.7. The largest absolute Gasteiger partial charge is 0.493 e.